The van der Waals surface area contributed by atoms with E-state index >= 15 is 0 Å². The molecule has 0 saturated carbocycles. The Bertz CT molecular complexity index is 1260. The molecule has 0 bridgehead atoms. The lowest BCUT2D eigenvalue weighted by Crippen LogP contribution is -2.32. The first kappa shape index (κ1) is 19.8. The van der Waals surface area contributed by atoms with Crippen LogP contribution in [0.15, 0.2) is 77.3 Å². The second kappa shape index (κ2) is 7.50. The third-order valence-corrected chi connectivity index (χ3v) is 6.52. The molecule has 0 fully saturated rings. The fourth-order valence-electron chi connectivity index (χ4n) is 4.42. The Labute approximate surface area is 189 Å². The number of carbonyl (C=O) groups excluding carboxylic acids is 2. The fraction of sp³-hybridized carbons (Fsp3) is 0.154. The maximum atomic E-state index is 13.4. The van der Waals surface area contributed by atoms with Crippen molar-refractivity contribution in [2.45, 2.75) is 13.0 Å². The van der Waals surface area contributed by atoms with Crippen LogP contribution in [0.5, 0.6) is 5.75 Å². The van der Waals surface area contributed by atoms with Crippen LogP contribution in [0.3, 0.4) is 0 Å². The van der Waals surface area contributed by atoms with Crippen LogP contribution >= 0.6 is 15.9 Å². The molecule has 2 aliphatic rings. The molecule has 5 rings (SSSR count). The van der Waals surface area contributed by atoms with Crippen LogP contribution in [0.4, 0.5) is 5.69 Å². The van der Waals surface area contributed by atoms with Crippen LogP contribution < -0.4 is 10.1 Å². The van der Waals surface area contributed by atoms with E-state index in [2.05, 4.69) is 27.8 Å². The molecule has 0 aromatic heterocycles. The molecule has 0 amide bonds. The molecule has 2 unspecified atom stereocenters. The first-order valence-electron chi connectivity index (χ1n) is 10.1. The largest absolute Gasteiger partial charge is 0.493 e. The number of rotatable bonds is 3. The Morgan fingerprint density at radius 3 is 2.45 bits per heavy atom. The summed E-state index contributed by atoms with van der Waals surface area (Å²) in [6, 6.07) is 18.2. The minimum atomic E-state index is -0.148. The molecule has 3 aromatic rings. The van der Waals surface area contributed by atoms with E-state index in [1.807, 2.05) is 37.3 Å². The van der Waals surface area contributed by atoms with Crippen molar-refractivity contribution < 1.29 is 14.3 Å². The van der Waals surface area contributed by atoms with E-state index in [1.165, 1.54) is 0 Å². The maximum absolute atomic E-state index is 13.4. The molecule has 0 radical (unpaired) electrons. The van der Waals surface area contributed by atoms with Gasteiger partial charge in [0, 0.05) is 38.3 Å². The number of carbonyl (C=O) groups is 2. The van der Waals surface area contributed by atoms with Crippen LogP contribution in [0, 0.1) is 5.92 Å². The van der Waals surface area contributed by atoms with Crippen molar-refractivity contribution in [3.63, 3.8) is 0 Å². The van der Waals surface area contributed by atoms with Gasteiger partial charge in [0.05, 0.1) is 18.2 Å². The number of benzene rings is 3. The summed E-state index contributed by atoms with van der Waals surface area (Å²) in [4.78, 5) is 26.5. The summed E-state index contributed by atoms with van der Waals surface area (Å²) in [6.07, 6.45) is 0. The molecule has 1 heterocycles. The molecule has 31 heavy (non-hydrogen) atoms. The Kier molecular flexibility index (Phi) is 4.78. The third-order valence-electron chi connectivity index (χ3n) is 6.02. The zero-order chi connectivity index (χ0) is 21.7. The summed E-state index contributed by atoms with van der Waals surface area (Å²) in [5.41, 5.74) is 4.38. The summed E-state index contributed by atoms with van der Waals surface area (Å²) >= 11 is 3.55. The minimum Gasteiger partial charge on any atom is -0.493 e. The van der Waals surface area contributed by atoms with E-state index in [-0.39, 0.29) is 23.5 Å². The topological polar surface area (TPSA) is 55.4 Å². The fourth-order valence-corrected chi connectivity index (χ4v) is 4.80. The molecular formula is C26H20BrNO3. The molecule has 2 atom stereocenters. The van der Waals surface area contributed by atoms with Crippen molar-refractivity contribution in [3.05, 3.63) is 105 Å². The Morgan fingerprint density at radius 2 is 1.71 bits per heavy atom. The Hall–Kier alpha value is -3.18. The number of ketones is 2. The first-order chi connectivity index (χ1) is 15.0. The number of halogens is 1. The highest BCUT2D eigenvalue weighted by molar-refractivity contribution is 9.10. The van der Waals surface area contributed by atoms with Crippen molar-refractivity contribution in [3.8, 4) is 5.75 Å². The van der Waals surface area contributed by atoms with Crippen molar-refractivity contribution >= 4 is 33.2 Å². The van der Waals surface area contributed by atoms with Crippen molar-refractivity contribution in [2.75, 3.05) is 11.9 Å². The first-order valence-corrected chi connectivity index (χ1v) is 10.9. The zero-order valence-electron chi connectivity index (χ0n) is 16.9. The zero-order valence-corrected chi connectivity index (χ0v) is 18.5. The van der Waals surface area contributed by atoms with Crippen molar-refractivity contribution in [1.29, 1.82) is 0 Å². The van der Waals surface area contributed by atoms with Crippen LogP contribution in [0.1, 0.15) is 50.4 Å². The molecule has 0 saturated heterocycles. The predicted molar refractivity (Wildman–Crippen MR) is 124 cm³/mol. The van der Waals surface area contributed by atoms with Gasteiger partial charge in [-0.3, -0.25) is 9.59 Å². The van der Waals surface area contributed by atoms with Crippen LogP contribution in [0.2, 0.25) is 0 Å². The van der Waals surface area contributed by atoms with Crippen LogP contribution in [0.25, 0.3) is 0 Å². The number of ether oxygens (including phenoxy) is 1. The van der Waals surface area contributed by atoms with Gasteiger partial charge in [-0.25, -0.2) is 0 Å². The SMILES string of the molecule is C=C(C)C1COc2ccc(Br)cc2C1Nc1cccc2c1C(=O)c1ccccc1C2=O. The summed E-state index contributed by atoms with van der Waals surface area (Å²) in [5, 5.41) is 3.57. The lowest BCUT2D eigenvalue weighted by Gasteiger charge is -2.36. The highest BCUT2D eigenvalue weighted by Crippen LogP contribution is 2.43. The van der Waals surface area contributed by atoms with Gasteiger partial charge in [-0.05, 0) is 31.2 Å². The molecule has 3 aromatic carbocycles. The summed E-state index contributed by atoms with van der Waals surface area (Å²) in [7, 11) is 0. The van der Waals surface area contributed by atoms with Gasteiger partial charge >= 0.3 is 0 Å². The quantitative estimate of drug-likeness (QED) is 0.372. The molecule has 154 valence electrons. The smallest absolute Gasteiger partial charge is 0.196 e. The van der Waals surface area contributed by atoms with E-state index < -0.39 is 0 Å². The van der Waals surface area contributed by atoms with Gasteiger partial charge < -0.3 is 10.1 Å². The standard InChI is InChI=1S/C26H20BrNO3/c1-14(2)20-13-31-22-11-10-15(27)12-19(22)24(20)28-21-9-5-8-18-23(21)26(30)17-7-4-3-6-16(17)25(18)29/h3-12,20,24,28H,1,13H2,2H3. The van der Waals surface area contributed by atoms with E-state index in [9.17, 15) is 9.59 Å². The van der Waals surface area contributed by atoms with Gasteiger partial charge in [-0.2, -0.15) is 0 Å². The number of hydrogen-bond acceptors (Lipinski definition) is 4. The summed E-state index contributed by atoms with van der Waals surface area (Å²) in [6.45, 7) is 6.63. The van der Waals surface area contributed by atoms with E-state index in [1.54, 1.807) is 30.3 Å². The van der Waals surface area contributed by atoms with E-state index in [4.69, 9.17) is 4.74 Å². The second-order valence-electron chi connectivity index (χ2n) is 8.00. The second-order valence-corrected chi connectivity index (χ2v) is 8.92. The molecule has 1 N–H and O–H groups in total. The Morgan fingerprint density at radius 1 is 1.00 bits per heavy atom. The van der Waals surface area contributed by atoms with Gasteiger partial charge in [-0.1, -0.05) is 64.5 Å². The lowest BCUT2D eigenvalue weighted by atomic mass is 9.82. The molecular weight excluding hydrogens is 454 g/mol. The van der Waals surface area contributed by atoms with Gasteiger partial charge in [0.15, 0.2) is 11.6 Å². The van der Waals surface area contributed by atoms with Gasteiger partial charge in [0.25, 0.3) is 0 Å². The summed E-state index contributed by atoms with van der Waals surface area (Å²) < 4.78 is 6.92. The van der Waals surface area contributed by atoms with Crippen LogP contribution in [-0.4, -0.2) is 18.2 Å². The summed E-state index contributed by atoms with van der Waals surface area (Å²) in [5.74, 6) is 0.553. The average Bonchev–Trinajstić information content (AvgIpc) is 2.77. The third kappa shape index (κ3) is 3.20. The van der Waals surface area contributed by atoms with Gasteiger partial charge in [0.1, 0.15) is 5.75 Å². The normalized spacial score (nSPS) is 19.0. The number of hydrogen-bond donors (Lipinski definition) is 1. The lowest BCUT2D eigenvalue weighted by molar-refractivity contribution is 0.0979. The van der Waals surface area contributed by atoms with E-state index in [0.29, 0.717) is 34.5 Å². The van der Waals surface area contributed by atoms with Crippen LogP contribution in [-0.2, 0) is 0 Å². The van der Waals surface area contributed by atoms with Gasteiger partial charge in [-0.15, -0.1) is 0 Å². The highest BCUT2D eigenvalue weighted by atomic mass is 79.9. The number of fused-ring (bicyclic) bond motifs is 3. The molecule has 5 heteroatoms. The van der Waals surface area contributed by atoms with E-state index in [0.717, 1.165) is 21.4 Å². The highest BCUT2D eigenvalue weighted by Gasteiger charge is 2.35. The van der Waals surface area contributed by atoms with Gasteiger partial charge in [0.2, 0.25) is 0 Å². The minimum absolute atomic E-state index is 0.0133. The monoisotopic (exact) mass is 473 g/mol. The predicted octanol–water partition coefficient (Wildman–Crippen LogP) is 5.96. The van der Waals surface area contributed by atoms with Crippen molar-refractivity contribution in [2.24, 2.45) is 5.92 Å². The average molecular weight is 474 g/mol. The molecule has 0 spiro atoms. The molecule has 1 aliphatic heterocycles. The number of anilines is 1. The molecule has 4 nitrogen and oxygen atoms in total. The Balaban J connectivity index is 1.63. The maximum Gasteiger partial charge on any atom is 0.196 e. The molecule has 1 aliphatic carbocycles. The van der Waals surface area contributed by atoms with Crippen molar-refractivity contribution in [1.82, 2.24) is 0 Å². The number of nitrogens with one attached hydrogen (secondary N) is 1.